The van der Waals surface area contributed by atoms with Gasteiger partial charge in [0.15, 0.2) is 0 Å². The van der Waals surface area contributed by atoms with Crippen LogP contribution >= 0.6 is 11.8 Å². The first kappa shape index (κ1) is 12.8. The van der Waals surface area contributed by atoms with Gasteiger partial charge in [-0.2, -0.15) is 11.8 Å². The van der Waals surface area contributed by atoms with Crippen molar-refractivity contribution in [1.29, 1.82) is 0 Å². The molecule has 1 N–H and O–H groups in total. The molecule has 0 spiro atoms. The highest BCUT2D eigenvalue weighted by Crippen LogP contribution is 2.31. The number of aromatic nitrogens is 2. The van der Waals surface area contributed by atoms with Gasteiger partial charge in [0.1, 0.15) is 0 Å². The minimum Gasteiger partial charge on any atom is -0.352 e. The summed E-state index contributed by atoms with van der Waals surface area (Å²) in [5, 5.41) is 3.53. The van der Waals surface area contributed by atoms with Gasteiger partial charge in [0.25, 0.3) is 0 Å². The lowest BCUT2D eigenvalue weighted by Gasteiger charge is -2.19. The fraction of sp³-hybridized carbons (Fsp3) is 0.769. The van der Waals surface area contributed by atoms with Gasteiger partial charge in [0.2, 0.25) is 5.95 Å². The monoisotopic (exact) mass is 253 g/mol. The van der Waals surface area contributed by atoms with Crippen molar-refractivity contribution in [2.75, 3.05) is 16.8 Å². The molecule has 0 radical (unpaired) electrons. The van der Waals surface area contributed by atoms with Crippen molar-refractivity contribution in [3.8, 4) is 0 Å². The summed E-state index contributed by atoms with van der Waals surface area (Å²) >= 11 is 1.98. The summed E-state index contributed by atoms with van der Waals surface area (Å²) < 4.78 is 2.33. The van der Waals surface area contributed by atoms with Gasteiger partial charge in [-0.25, -0.2) is 4.98 Å². The minimum absolute atomic E-state index is 0.488. The van der Waals surface area contributed by atoms with E-state index in [1.165, 1.54) is 31.4 Å². The standard InChI is InChI=1S/C13H23N3S/c1-3-17-10-11(2)15-13-14-8-9-16(13)12-6-4-5-7-12/h8-9,11-12H,3-7,10H2,1-2H3,(H,14,15). The predicted octanol–water partition coefficient (Wildman–Crippen LogP) is 3.55. The Kier molecular flexibility index (Phi) is 4.77. The lowest BCUT2D eigenvalue weighted by molar-refractivity contribution is 0.521. The topological polar surface area (TPSA) is 29.9 Å². The molecule has 0 aromatic carbocycles. The summed E-state index contributed by atoms with van der Waals surface area (Å²) in [6.07, 6.45) is 9.39. The number of hydrogen-bond donors (Lipinski definition) is 1. The zero-order valence-electron chi connectivity index (χ0n) is 10.9. The molecule has 1 unspecified atom stereocenters. The number of rotatable bonds is 6. The molecule has 1 fully saturated rings. The highest BCUT2D eigenvalue weighted by molar-refractivity contribution is 7.99. The number of thioether (sulfide) groups is 1. The Balaban J connectivity index is 1.93. The quantitative estimate of drug-likeness (QED) is 0.841. The molecule has 17 heavy (non-hydrogen) atoms. The molecule has 2 rings (SSSR count). The van der Waals surface area contributed by atoms with Crippen molar-refractivity contribution in [3.63, 3.8) is 0 Å². The Morgan fingerprint density at radius 1 is 1.53 bits per heavy atom. The first-order valence-electron chi connectivity index (χ1n) is 6.68. The summed E-state index contributed by atoms with van der Waals surface area (Å²) in [6, 6.07) is 1.16. The van der Waals surface area contributed by atoms with Crippen molar-refractivity contribution in [2.24, 2.45) is 0 Å². The Morgan fingerprint density at radius 3 is 3.00 bits per heavy atom. The van der Waals surface area contributed by atoms with Crippen LogP contribution in [0.25, 0.3) is 0 Å². The van der Waals surface area contributed by atoms with Crippen LogP contribution in [-0.2, 0) is 0 Å². The average molecular weight is 253 g/mol. The maximum Gasteiger partial charge on any atom is 0.203 e. The van der Waals surface area contributed by atoms with Crippen LogP contribution in [0.2, 0.25) is 0 Å². The Labute approximate surface area is 108 Å². The molecule has 4 heteroatoms. The summed E-state index contributed by atoms with van der Waals surface area (Å²) in [5.74, 6) is 3.39. The van der Waals surface area contributed by atoms with Gasteiger partial charge in [-0.1, -0.05) is 19.8 Å². The molecule has 1 aliphatic rings. The Morgan fingerprint density at radius 2 is 2.29 bits per heavy atom. The third-order valence-electron chi connectivity index (χ3n) is 3.33. The number of nitrogens with zero attached hydrogens (tertiary/aromatic N) is 2. The second kappa shape index (κ2) is 6.34. The molecule has 1 aliphatic carbocycles. The van der Waals surface area contributed by atoms with E-state index >= 15 is 0 Å². The second-order valence-corrected chi connectivity index (χ2v) is 6.12. The largest absolute Gasteiger partial charge is 0.352 e. The van der Waals surface area contributed by atoms with E-state index in [9.17, 15) is 0 Å². The van der Waals surface area contributed by atoms with Gasteiger partial charge in [0, 0.05) is 30.2 Å². The highest BCUT2D eigenvalue weighted by Gasteiger charge is 2.19. The van der Waals surface area contributed by atoms with E-state index in [0.717, 1.165) is 11.7 Å². The third-order valence-corrected chi connectivity index (χ3v) is 4.48. The Hall–Kier alpha value is -0.640. The molecule has 1 aromatic heterocycles. The van der Waals surface area contributed by atoms with Crippen LogP contribution in [-0.4, -0.2) is 27.1 Å². The predicted molar refractivity (Wildman–Crippen MR) is 75.8 cm³/mol. The summed E-state index contributed by atoms with van der Waals surface area (Å²) in [5.41, 5.74) is 0. The lowest BCUT2D eigenvalue weighted by atomic mass is 10.2. The van der Waals surface area contributed by atoms with Crippen LogP contribution in [0.3, 0.4) is 0 Å². The van der Waals surface area contributed by atoms with Crippen LogP contribution in [0.15, 0.2) is 12.4 Å². The van der Waals surface area contributed by atoms with Gasteiger partial charge in [0.05, 0.1) is 0 Å². The van der Waals surface area contributed by atoms with Gasteiger partial charge in [-0.3, -0.25) is 0 Å². The van der Waals surface area contributed by atoms with Crippen molar-refractivity contribution < 1.29 is 0 Å². The van der Waals surface area contributed by atoms with Gasteiger partial charge >= 0.3 is 0 Å². The fourth-order valence-corrected chi connectivity index (χ4v) is 3.13. The molecule has 1 heterocycles. The Bertz CT molecular complexity index is 331. The molecule has 0 saturated heterocycles. The number of hydrogen-bond acceptors (Lipinski definition) is 3. The van der Waals surface area contributed by atoms with E-state index in [0.29, 0.717) is 12.1 Å². The summed E-state index contributed by atoms with van der Waals surface area (Å²) in [4.78, 5) is 4.45. The van der Waals surface area contributed by atoms with Crippen LogP contribution in [0.1, 0.15) is 45.6 Å². The van der Waals surface area contributed by atoms with E-state index in [1.807, 2.05) is 18.0 Å². The SMILES string of the molecule is CCSCC(C)Nc1nccn1C1CCCC1. The summed E-state index contributed by atoms with van der Waals surface area (Å²) in [7, 11) is 0. The molecule has 96 valence electrons. The van der Waals surface area contributed by atoms with Crippen molar-refractivity contribution in [2.45, 2.75) is 51.6 Å². The molecule has 3 nitrogen and oxygen atoms in total. The molecule has 0 amide bonds. The smallest absolute Gasteiger partial charge is 0.203 e. The maximum absolute atomic E-state index is 4.45. The molecular weight excluding hydrogens is 230 g/mol. The van der Waals surface area contributed by atoms with Crippen LogP contribution in [0.4, 0.5) is 5.95 Å². The molecule has 1 saturated carbocycles. The zero-order valence-corrected chi connectivity index (χ0v) is 11.7. The fourth-order valence-electron chi connectivity index (χ4n) is 2.46. The maximum atomic E-state index is 4.45. The molecule has 0 bridgehead atoms. The van der Waals surface area contributed by atoms with Crippen LogP contribution < -0.4 is 5.32 Å². The molecule has 1 aromatic rings. The first-order chi connectivity index (χ1) is 8.31. The van der Waals surface area contributed by atoms with E-state index in [-0.39, 0.29) is 0 Å². The van der Waals surface area contributed by atoms with Gasteiger partial charge in [-0.05, 0) is 25.5 Å². The lowest BCUT2D eigenvalue weighted by Crippen LogP contribution is -2.21. The van der Waals surface area contributed by atoms with Crippen LogP contribution in [0, 0.1) is 0 Å². The first-order valence-corrected chi connectivity index (χ1v) is 7.84. The van der Waals surface area contributed by atoms with E-state index < -0.39 is 0 Å². The van der Waals surface area contributed by atoms with Crippen molar-refractivity contribution >= 4 is 17.7 Å². The number of nitrogens with one attached hydrogen (secondary N) is 1. The van der Waals surface area contributed by atoms with Gasteiger partial charge < -0.3 is 9.88 Å². The molecule has 1 atom stereocenters. The normalized spacial score (nSPS) is 18.5. The third kappa shape index (κ3) is 3.41. The zero-order chi connectivity index (χ0) is 12.1. The van der Waals surface area contributed by atoms with Gasteiger partial charge in [-0.15, -0.1) is 0 Å². The van der Waals surface area contributed by atoms with Crippen LogP contribution in [0.5, 0.6) is 0 Å². The molecular formula is C13H23N3S. The minimum atomic E-state index is 0.488. The number of imidazole rings is 1. The number of anilines is 1. The molecule has 0 aliphatic heterocycles. The van der Waals surface area contributed by atoms with Crippen molar-refractivity contribution in [1.82, 2.24) is 9.55 Å². The van der Waals surface area contributed by atoms with E-state index in [1.54, 1.807) is 0 Å². The average Bonchev–Trinajstić information content (AvgIpc) is 2.95. The highest BCUT2D eigenvalue weighted by atomic mass is 32.2. The van der Waals surface area contributed by atoms with E-state index in [4.69, 9.17) is 0 Å². The second-order valence-electron chi connectivity index (χ2n) is 4.80. The van der Waals surface area contributed by atoms with Crippen molar-refractivity contribution in [3.05, 3.63) is 12.4 Å². The van der Waals surface area contributed by atoms with E-state index in [2.05, 4.69) is 34.9 Å². The summed E-state index contributed by atoms with van der Waals surface area (Å²) in [6.45, 7) is 4.44.